The predicted molar refractivity (Wildman–Crippen MR) is 329 cm³/mol. The zero-order valence-corrected chi connectivity index (χ0v) is 47.5. The van der Waals surface area contributed by atoms with E-state index in [1.807, 2.05) is 12.1 Å². The Morgan fingerprint density at radius 2 is 0.637 bits per heavy atom. The molecule has 0 saturated carbocycles. The van der Waals surface area contributed by atoms with Crippen LogP contribution in [-0.2, 0) is 6.18 Å². The van der Waals surface area contributed by atoms with Crippen molar-refractivity contribution in [2.24, 2.45) is 0 Å². The molecule has 0 spiro atoms. The van der Waals surface area contributed by atoms with E-state index in [-0.39, 0.29) is 5.56 Å². The quantitative estimate of drug-likeness (QED) is 0.157. The van der Waals surface area contributed by atoms with E-state index in [0.717, 1.165) is 133 Å². The summed E-state index contributed by atoms with van der Waals surface area (Å²) < 4.78 is 51.9. The highest BCUT2D eigenvalue weighted by Crippen LogP contribution is 2.47. The van der Waals surface area contributed by atoms with Crippen molar-refractivity contribution in [2.45, 2.75) is 89.3 Å². The Bertz CT molecular complexity index is 4340. The fourth-order valence-corrected chi connectivity index (χ4v) is 13.9. The highest BCUT2D eigenvalue weighted by Gasteiger charge is 2.35. The molecule has 6 heteroatoms. The van der Waals surface area contributed by atoms with Gasteiger partial charge in [-0.1, -0.05) is 138 Å². The lowest BCUT2D eigenvalue weighted by Crippen LogP contribution is -2.09. The molecule has 0 bridgehead atoms. The van der Waals surface area contributed by atoms with E-state index in [0.29, 0.717) is 22.5 Å². The second-order valence-electron chi connectivity index (χ2n) is 22.7. The van der Waals surface area contributed by atoms with Crippen molar-refractivity contribution < 1.29 is 13.2 Å². The minimum atomic E-state index is -4.71. The summed E-state index contributed by atoms with van der Waals surface area (Å²) in [5.74, 6) is 0. The SMILES string of the molecule is Cc1cc(C)c(-c2ccc3c4ccc(-c5c(C)cc(C)cc5C)cc4n(-c4cc(-c5ccccc5C(F)(F)F)c(-n5c6cc(-c7c(C)cc(C)cc7C)ccc6c6ccc(-c7c(C)cc(C)cc7C)cc65)cc4C#N)c3c2)c(C)c1. The molecule has 0 unspecified atom stereocenters. The average Bonchev–Trinajstić information content (AvgIpc) is 4.06. The summed E-state index contributed by atoms with van der Waals surface area (Å²) in [5, 5.41) is 15.6. The van der Waals surface area contributed by atoms with Crippen LogP contribution in [0.4, 0.5) is 13.2 Å². The minimum Gasteiger partial charge on any atom is -0.309 e. The lowest BCUT2D eigenvalue weighted by Gasteiger charge is -2.22. The van der Waals surface area contributed by atoms with Crippen LogP contribution in [0, 0.1) is 94.4 Å². The predicted octanol–water partition coefficient (Wildman–Crippen LogP) is 20.8. The van der Waals surface area contributed by atoms with Crippen LogP contribution < -0.4 is 0 Å². The summed E-state index contributed by atoms with van der Waals surface area (Å²) in [5.41, 5.74) is 26.4. The summed E-state index contributed by atoms with van der Waals surface area (Å²) in [6.07, 6.45) is -4.71. The minimum absolute atomic E-state index is 0.0115. The van der Waals surface area contributed by atoms with Crippen molar-refractivity contribution in [3.8, 4) is 73.1 Å². The number of fused-ring (bicyclic) bond motifs is 6. The van der Waals surface area contributed by atoms with Crippen LogP contribution in [0.3, 0.4) is 0 Å². The number of aryl methyl sites for hydroxylation is 12. The van der Waals surface area contributed by atoms with Crippen molar-refractivity contribution >= 4 is 43.6 Å². The molecule has 394 valence electrons. The summed E-state index contributed by atoms with van der Waals surface area (Å²) >= 11 is 0. The highest BCUT2D eigenvalue weighted by atomic mass is 19.4. The Morgan fingerprint density at radius 3 is 0.938 bits per heavy atom. The van der Waals surface area contributed by atoms with Crippen LogP contribution in [-0.4, -0.2) is 9.13 Å². The van der Waals surface area contributed by atoms with E-state index in [4.69, 9.17) is 0 Å². The summed E-state index contributed by atoms with van der Waals surface area (Å²) in [4.78, 5) is 0. The molecule has 2 heterocycles. The van der Waals surface area contributed by atoms with Crippen molar-refractivity contribution in [3.63, 3.8) is 0 Å². The van der Waals surface area contributed by atoms with Gasteiger partial charge in [0.1, 0.15) is 6.07 Å². The van der Waals surface area contributed by atoms with Crippen molar-refractivity contribution in [1.29, 1.82) is 5.26 Å². The second kappa shape index (κ2) is 19.2. The summed E-state index contributed by atoms with van der Waals surface area (Å²) in [7, 11) is 0. The van der Waals surface area contributed by atoms with E-state index in [1.54, 1.807) is 12.1 Å². The standard InChI is InChI=1S/C74H62F3N3/c1-40-25-44(5)70(45(6)26-40)52-17-21-58-59-22-18-53(71-46(7)27-41(2)28-47(71)8)34-66(59)79(65(58)33-52)64-38-62(57-15-13-14-16-63(57)74(75,76)77)69(37-56(64)39-78)80-67-35-54(72-48(9)29-42(3)30-49(72)10)19-23-60(67)61-24-20-55(36-68(61)80)73-50(11)31-43(4)32-51(73)12/h13-38H,1-12H3. The van der Waals surface area contributed by atoms with Gasteiger partial charge in [0.2, 0.25) is 0 Å². The van der Waals surface area contributed by atoms with Gasteiger partial charge >= 0.3 is 6.18 Å². The van der Waals surface area contributed by atoms with E-state index < -0.39 is 11.7 Å². The molecule has 0 atom stereocenters. The molecule has 12 rings (SSSR count). The normalized spacial score (nSPS) is 11.9. The molecule has 0 N–H and O–H groups in total. The number of nitrogens with zero attached hydrogens (tertiary/aromatic N) is 3. The van der Waals surface area contributed by atoms with Crippen LogP contribution in [0.2, 0.25) is 0 Å². The van der Waals surface area contributed by atoms with Crippen LogP contribution in [0.1, 0.15) is 77.9 Å². The van der Waals surface area contributed by atoms with Crippen LogP contribution >= 0.6 is 0 Å². The first-order valence-electron chi connectivity index (χ1n) is 27.4. The zero-order chi connectivity index (χ0) is 56.4. The van der Waals surface area contributed by atoms with Crippen molar-refractivity contribution in [3.05, 3.63) is 236 Å². The molecular weight excluding hydrogens is 988 g/mol. The fraction of sp³-hybridized carbons (Fsp3) is 0.176. The van der Waals surface area contributed by atoms with E-state index in [1.165, 1.54) is 34.4 Å². The molecule has 0 saturated heterocycles. The van der Waals surface area contributed by atoms with E-state index >= 15 is 13.2 Å². The Kier molecular flexibility index (Phi) is 12.4. The number of nitriles is 1. The van der Waals surface area contributed by atoms with Gasteiger partial charge in [-0.25, -0.2) is 0 Å². The first-order chi connectivity index (χ1) is 38.2. The molecule has 12 aromatic rings. The Hall–Kier alpha value is -8.92. The van der Waals surface area contributed by atoms with Gasteiger partial charge in [-0.3, -0.25) is 0 Å². The van der Waals surface area contributed by atoms with Crippen LogP contribution in [0.15, 0.2) is 158 Å². The topological polar surface area (TPSA) is 33.6 Å². The third kappa shape index (κ3) is 8.50. The highest BCUT2D eigenvalue weighted by molar-refractivity contribution is 6.14. The maximum Gasteiger partial charge on any atom is 0.417 e. The Morgan fingerprint density at radius 1 is 0.338 bits per heavy atom. The third-order valence-corrected chi connectivity index (χ3v) is 16.6. The molecule has 0 aliphatic carbocycles. The number of hydrogen-bond acceptors (Lipinski definition) is 1. The molecule has 3 nitrogen and oxygen atoms in total. The van der Waals surface area contributed by atoms with Gasteiger partial charge in [0.05, 0.1) is 44.6 Å². The second-order valence-corrected chi connectivity index (χ2v) is 22.7. The molecule has 0 radical (unpaired) electrons. The van der Waals surface area contributed by atoms with Crippen molar-refractivity contribution in [1.82, 2.24) is 9.13 Å². The van der Waals surface area contributed by atoms with Gasteiger partial charge in [0, 0.05) is 27.1 Å². The van der Waals surface area contributed by atoms with Crippen molar-refractivity contribution in [2.75, 3.05) is 0 Å². The molecular formula is C74H62F3N3. The van der Waals surface area contributed by atoms with E-state index in [2.05, 4.69) is 220 Å². The smallest absolute Gasteiger partial charge is 0.309 e. The maximum atomic E-state index is 15.9. The third-order valence-electron chi connectivity index (χ3n) is 16.6. The molecule has 10 aromatic carbocycles. The molecule has 0 amide bonds. The van der Waals surface area contributed by atoms with Gasteiger partial charge in [0.15, 0.2) is 0 Å². The monoisotopic (exact) mass is 1050 g/mol. The number of aromatic nitrogens is 2. The molecule has 0 aliphatic rings. The molecule has 2 aromatic heterocycles. The van der Waals surface area contributed by atoms with Gasteiger partial charge in [-0.15, -0.1) is 0 Å². The van der Waals surface area contributed by atoms with Gasteiger partial charge < -0.3 is 9.13 Å². The van der Waals surface area contributed by atoms with Gasteiger partial charge in [0.25, 0.3) is 0 Å². The lowest BCUT2D eigenvalue weighted by atomic mass is 9.92. The van der Waals surface area contributed by atoms with Crippen LogP contribution in [0.25, 0.3) is 111 Å². The lowest BCUT2D eigenvalue weighted by molar-refractivity contribution is -0.137. The number of hydrogen-bond donors (Lipinski definition) is 0. The Labute approximate surface area is 466 Å². The van der Waals surface area contributed by atoms with Crippen LogP contribution in [0.5, 0.6) is 0 Å². The zero-order valence-electron chi connectivity index (χ0n) is 47.5. The first kappa shape index (κ1) is 51.8. The summed E-state index contributed by atoms with van der Waals surface area (Å²) in [6.45, 7) is 25.5. The van der Waals surface area contributed by atoms with E-state index in [9.17, 15) is 5.26 Å². The van der Waals surface area contributed by atoms with Gasteiger partial charge in [-0.2, -0.15) is 18.4 Å². The summed E-state index contributed by atoms with van der Waals surface area (Å²) in [6, 6.07) is 55.8. The average molecular weight is 1050 g/mol. The molecule has 80 heavy (non-hydrogen) atoms. The molecule has 0 aliphatic heterocycles. The van der Waals surface area contributed by atoms with Gasteiger partial charge in [-0.05, 0) is 220 Å². The maximum absolute atomic E-state index is 15.9. The number of alkyl halides is 3. The number of rotatable bonds is 7. The fourth-order valence-electron chi connectivity index (χ4n) is 13.9. The molecule has 0 fully saturated rings. The Balaban J connectivity index is 1.25. The number of halogens is 3. The first-order valence-corrected chi connectivity index (χ1v) is 27.4. The number of benzene rings is 10. The largest absolute Gasteiger partial charge is 0.417 e.